The van der Waals surface area contributed by atoms with Crippen LogP contribution >= 0.6 is 23.2 Å². The summed E-state index contributed by atoms with van der Waals surface area (Å²) in [5, 5.41) is 4.55. The summed E-state index contributed by atoms with van der Waals surface area (Å²) in [4.78, 5) is 17.0. The molecule has 0 saturated carbocycles. The summed E-state index contributed by atoms with van der Waals surface area (Å²) in [6, 6.07) is 14.2. The summed E-state index contributed by atoms with van der Waals surface area (Å²) < 4.78 is 0. The Morgan fingerprint density at radius 3 is 2.68 bits per heavy atom. The van der Waals surface area contributed by atoms with Crippen LogP contribution in [0.5, 0.6) is 0 Å². The van der Waals surface area contributed by atoms with E-state index in [-0.39, 0.29) is 5.91 Å². The molecular formula is C17H12Cl2N2O. The number of hydrogen-bond donors (Lipinski definition) is 1. The van der Waals surface area contributed by atoms with Crippen LogP contribution < -0.4 is 5.32 Å². The number of halogens is 2. The minimum Gasteiger partial charge on any atom is -0.321 e. The molecule has 0 aliphatic heterocycles. The summed E-state index contributed by atoms with van der Waals surface area (Å²) >= 11 is 12.0. The van der Waals surface area contributed by atoms with E-state index in [2.05, 4.69) is 10.3 Å². The van der Waals surface area contributed by atoms with Crippen molar-refractivity contribution < 1.29 is 4.79 Å². The van der Waals surface area contributed by atoms with Crippen LogP contribution in [0.3, 0.4) is 0 Å². The highest BCUT2D eigenvalue weighted by molar-refractivity contribution is 6.36. The fourth-order valence-corrected chi connectivity index (χ4v) is 2.62. The average Bonchev–Trinajstić information content (AvgIpc) is 2.50. The number of hydrogen-bond acceptors (Lipinski definition) is 2. The van der Waals surface area contributed by atoms with Gasteiger partial charge in [-0.25, -0.2) is 0 Å². The molecule has 0 bridgehead atoms. The minimum absolute atomic E-state index is 0.245. The highest BCUT2D eigenvalue weighted by atomic mass is 35.5. The van der Waals surface area contributed by atoms with Gasteiger partial charge in [-0.2, -0.15) is 0 Å². The molecule has 2 aromatic carbocycles. The van der Waals surface area contributed by atoms with Crippen LogP contribution in [-0.2, 0) is 0 Å². The van der Waals surface area contributed by atoms with E-state index in [0.717, 1.165) is 16.6 Å². The number of para-hydroxylation sites is 1. The third-order valence-corrected chi connectivity index (χ3v) is 3.83. The van der Waals surface area contributed by atoms with Crippen LogP contribution in [0.25, 0.3) is 10.9 Å². The molecule has 3 rings (SSSR count). The molecule has 0 fully saturated rings. The lowest BCUT2D eigenvalue weighted by atomic mass is 10.1. The Kier molecular flexibility index (Phi) is 4.01. The smallest absolute Gasteiger partial charge is 0.256 e. The molecule has 110 valence electrons. The van der Waals surface area contributed by atoms with Gasteiger partial charge in [-0.05, 0) is 37.3 Å². The number of aryl methyl sites for hydroxylation is 1. The zero-order valence-corrected chi connectivity index (χ0v) is 13.2. The second kappa shape index (κ2) is 5.95. The van der Waals surface area contributed by atoms with Gasteiger partial charge >= 0.3 is 0 Å². The number of carbonyl (C=O) groups excluding carboxylic acids is 1. The first-order valence-electron chi connectivity index (χ1n) is 6.67. The highest BCUT2D eigenvalue weighted by Crippen LogP contribution is 2.27. The Morgan fingerprint density at radius 2 is 1.86 bits per heavy atom. The van der Waals surface area contributed by atoms with E-state index in [9.17, 15) is 4.79 Å². The Labute approximate surface area is 137 Å². The van der Waals surface area contributed by atoms with Crippen LogP contribution in [0.4, 0.5) is 5.69 Å². The van der Waals surface area contributed by atoms with E-state index in [4.69, 9.17) is 23.2 Å². The third kappa shape index (κ3) is 2.91. The normalized spacial score (nSPS) is 10.7. The number of rotatable bonds is 2. The van der Waals surface area contributed by atoms with Gasteiger partial charge in [-0.3, -0.25) is 9.78 Å². The lowest BCUT2D eigenvalue weighted by Crippen LogP contribution is -2.13. The molecule has 1 aromatic heterocycles. The first kappa shape index (κ1) is 14.8. The number of aromatic nitrogens is 1. The highest BCUT2D eigenvalue weighted by Gasteiger charge is 2.13. The molecule has 0 saturated heterocycles. The van der Waals surface area contributed by atoms with Crippen molar-refractivity contribution in [3.63, 3.8) is 0 Å². The summed E-state index contributed by atoms with van der Waals surface area (Å²) in [6.45, 7) is 1.86. The molecule has 3 nitrogen and oxygen atoms in total. The van der Waals surface area contributed by atoms with Gasteiger partial charge in [0.15, 0.2) is 0 Å². The van der Waals surface area contributed by atoms with Crippen molar-refractivity contribution in [2.75, 3.05) is 5.32 Å². The Hall–Kier alpha value is -2.10. The number of nitrogens with zero attached hydrogens (tertiary/aromatic N) is 1. The minimum atomic E-state index is -0.245. The van der Waals surface area contributed by atoms with Crippen LogP contribution in [-0.4, -0.2) is 10.9 Å². The molecule has 1 amide bonds. The van der Waals surface area contributed by atoms with Gasteiger partial charge in [0.25, 0.3) is 5.91 Å². The molecule has 0 unspecified atom stereocenters. The standard InChI is InChI=1S/C17H12Cl2N2O/c1-10-8-13(12-4-2-3-5-15(12)20-10)17(22)21-16-9-11(18)6-7-14(16)19/h2-9H,1H3,(H,21,22). The van der Waals surface area contributed by atoms with Crippen molar-refractivity contribution in [3.8, 4) is 0 Å². The fraction of sp³-hybridized carbons (Fsp3) is 0.0588. The summed E-state index contributed by atoms with van der Waals surface area (Å²) in [7, 11) is 0. The largest absolute Gasteiger partial charge is 0.321 e. The van der Waals surface area contributed by atoms with E-state index in [0.29, 0.717) is 21.3 Å². The maximum absolute atomic E-state index is 12.6. The van der Waals surface area contributed by atoms with Gasteiger partial charge in [0.1, 0.15) is 0 Å². The number of benzene rings is 2. The molecule has 0 spiro atoms. The molecular weight excluding hydrogens is 319 g/mol. The zero-order chi connectivity index (χ0) is 15.7. The van der Waals surface area contributed by atoms with E-state index >= 15 is 0 Å². The van der Waals surface area contributed by atoms with E-state index in [1.807, 2.05) is 31.2 Å². The SMILES string of the molecule is Cc1cc(C(=O)Nc2cc(Cl)ccc2Cl)c2ccccc2n1. The van der Waals surface area contributed by atoms with Crippen molar-refractivity contribution in [2.24, 2.45) is 0 Å². The van der Waals surface area contributed by atoms with Gasteiger partial charge in [0, 0.05) is 16.1 Å². The molecule has 22 heavy (non-hydrogen) atoms. The fourth-order valence-electron chi connectivity index (χ4n) is 2.28. The maximum atomic E-state index is 12.6. The number of carbonyl (C=O) groups is 1. The first-order valence-corrected chi connectivity index (χ1v) is 7.43. The molecule has 1 heterocycles. The predicted molar refractivity (Wildman–Crippen MR) is 90.9 cm³/mol. The lowest BCUT2D eigenvalue weighted by molar-refractivity contribution is 0.102. The van der Waals surface area contributed by atoms with Gasteiger partial charge in [0.2, 0.25) is 0 Å². The molecule has 0 aliphatic carbocycles. The van der Waals surface area contributed by atoms with Crippen LogP contribution in [0.1, 0.15) is 16.1 Å². The molecule has 1 N–H and O–H groups in total. The van der Waals surface area contributed by atoms with Crippen molar-refractivity contribution in [3.05, 3.63) is 69.8 Å². The van der Waals surface area contributed by atoms with Gasteiger partial charge in [-0.15, -0.1) is 0 Å². The number of amides is 1. The second-order valence-electron chi connectivity index (χ2n) is 4.91. The van der Waals surface area contributed by atoms with Crippen LogP contribution in [0, 0.1) is 6.92 Å². The summed E-state index contributed by atoms with van der Waals surface area (Å²) in [5.41, 5.74) is 2.60. The predicted octanol–water partition coefficient (Wildman–Crippen LogP) is 5.10. The zero-order valence-electron chi connectivity index (χ0n) is 11.7. The van der Waals surface area contributed by atoms with Gasteiger partial charge < -0.3 is 5.32 Å². The number of nitrogens with one attached hydrogen (secondary N) is 1. The quantitative estimate of drug-likeness (QED) is 0.710. The Morgan fingerprint density at radius 1 is 1.09 bits per heavy atom. The average molecular weight is 331 g/mol. The number of anilines is 1. The first-order chi connectivity index (χ1) is 10.5. The Bertz CT molecular complexity index is 878. The molecule has 0 radical (unpaired) electrons. The molecule has 3 aromatic rings. The lowest BCUT2D eigenvalue weighted by Gasteiger charge is -2.10. The van der Waals surface area contributed by atoms with Crippen LogP contribution in [0.15, 0.2) is 48.5 Å². The monoisotopic (exact) mass is 330 g/mol. The number of pyridine rings is 1. The van der Waals surface area contributed by atoms with Crippen molar-refractivity contribution in [1.82, 2.24) is 4.98 Å². The molecule has 5 heteroatoms. The van der Waals surface area contributed by atoms with E-state index in [1.165, 1.54) is 0 Å². The molecule has 0 atom stereocenters. The maximum Gasteiger partial charge on any atom is 0.256 e. The van der Waals surface area contributed by atoms with E-state index < -0.39 is 0 Å². The van der Waals surface area contributed by atoms with Crippen molar-refractivity contribution in [2.45, 2.75) is 6.92 Å². The second-order valence-corrected chi connectivity index (χ2v) is 5.75. The van der Waals surface area contributed by atoms with Crippen molar-refractivity contribution >= 4 is 45.7 Å². The van der Waals surface area contributed by atoms with Gasteiger partial charge in [0.05, 0.1) is 21.8 Å². The van der Waals surface area contributed by atoms with Crippen LogP contribution in [0.2, 0.25) is 10.0 Å². The van der Waals surface area contributed by atoms with Gasteiger partial charge in [-0.1, -0.05) is 41.4 Å². The van der Waals surface area contributed by atoms with E-state index in [1.54, 1.807) is 24.3 Å². The Balaban J connectivity index is 2.04. The molecule has 0 aliphatic rings. The summed E-state index contributed by atoms with van der Waals surface area (Å²) in [5.74, 6) is -0.245. The third-order valence-electron chi connectivity index (χ3n) is 3.27. The topological polar surface area (TPSA) is 42.0 Å². The number of fused-ring (bicyclic) bond motifs is 1. The van der Waals surface area contributed by atoms with Crippen molar-refractivity contribution in [1.29, 1.82) is 0 Å². The summed E-state index contributed by atoms with van der Waals surface area (Å²) in [6.07, 6.45) is 0.